The molecule has 0 aliphatic heterocycles. The molecule has 0 fully saturated rings. The van der Waals surface area contributed by atoms with Crippen molar-refractivity contribution in [2.45, 2.75) is 13.3 Å². The number of esters is 1. The second kappa shape index (κ2) is 6.43. The SMILES string of the molecule is C=CC(F)=C(C=C)COc1cc2c(cn1)C1=C(C(=O)OCC)C1C2. The van der Waals surface area contributed by atoms with Gasteiger partial charge in [0.2, 0.25) is 5.88 Å². The number of nitrogens with zero attached hydrogens (tertiary/aromatic N) is 1. The summed E-state index contributed by atoms with van der Waals surface area (Å²) >= 11 is 0. The van der Waals surface area contributed by atoms with Crippen molar-refractivity contribution in [1.29, 1.82) is 0 Å². The third-order valence-electron chi connectivity index (χ3n) is 4.19. The van der Waals surface area contributed by atoms with Crippen LogP contribution in [0.1, 0.15) is 18.1 Å². The number of carbonyl (C=O) groups excluding carboxylic acids is 1. The van der Waals surface area contributed by atoms with E-state index in [1.54, 1.807) is 13.1 Å². The Morgan fingerprint density at radius 1 is 1.46 bits per heavy atom. The molecule has 1 unspecified atom stereocenters. The number of ether oxygens (including phenoxy) is 2. The molecule has 2 aliphatic carbocycles. The predicted molar refractivity (Wildman–Crippen MR) is 89.0 cm³/mol. The number of aromatic nitrogens is 1. The van der Waals surface area contributed by atoms with Gasteiger partial charge in [0.05, 0.1) is 6.61 Å². The molecule has 1 heterocycles. The van der Waals surface area contributed by atoms with E-state index < -0.39 is 5.83 Å². The molecule has 0 saturated heterocycles. The Balaban J connectivity index is 1.73. The molecule has 124 valence electrons. The molecule has 1 aromatic rings. The summed E-state index contributed by atoms with van der Waals surface area (Å²) in [4.78, 5) is 16.1. The van der Waals surface area contributed by atoms with E-state index in [2.05, 4.69) is 18.1 Å². The summed E-state index contributed by atoms with van der Waals surface area (Å²) in [5, 5.41) is 0. The summed E-state index contributed by atoms with van der Waals surface area (Å²) in [6.07, 6.45) is 4.97. The lowest BCUT2D eigenvalue weighted by Crippen LogP contribution is -2.06. The first-order chi connectivity index (χ1) is 11.6. The predicted octanol–water partition coefficient (Wildman–Crippen LogP) is 3.56. The lowest BCUT2D eigenvalue weighted by atomic mass is 10.1. The molecule has 0 amide bonds. The molecule has 4 nitrogen and oxygen atoms in total. The van der Waals surface area contributed by atoms with Crippen molar-refractivity contribution in [3.05, 3.63) is 65.7 Å². The fourth-order valence-electron chi connectivity index (χ4n) is 2.96. The van der Waals surface area contributed by atoms with E-state index in [1.807, 2.05) is 6.07 Å². The van der Waals surface area contributed by atoms with Crippen LogP contribution in [0, 0.1) is 5.92 Å². The number of pyridine rings is 1. The molecule has 0 N–H and O–H groups in total. The smallest absolute Gasteiger partial charge is 0.334 e. The summed E-state index contributed by atoms with van der Waals surface area (Å²) in [5.41, 5.74) is 4.19. The molecule has 1 aromatic heterocycles. The summed E-state index contributed by atoms with van der Waals surface area (Å²) in [5.74, 6) is -0.122. The lowest BCUT2D eigenvalue weighted by Gasteiger charge is -2.08. The van der Waals surface area contributed by atoms with Gasteiger partial charge in [-0.3, -0.25) is 0 Å². The van der Waals surface area contributed by atoms with Crippen LogP contribution in [-0.2, 0) is 16.0 Å². The van der Waals surface area contributed by atoms with Crippen LogP contribution in [0.25, 0.3) is 5.57 Å². The quantitative estimate of drug-likeness (QED) is 0.567. The lowest BCUT2D eigenvalue weighted by molar-refractivity contribution is -0.138. The molecular formula is C19H18FNO3. The zero-order valence-electron chi connectivity index (χ0n) is 13.5. The normalized spacial score (nSPS) is 18.3. The van der Waals surface area contributed by atoms with E-state index in [9.17, 15) is 9.18 Å². The Bertz CT molecular complexity index is 792. The van der Waals surface area contributed by atoms with Gasteiger partial charge in [-0.25, -0.2) is 14.2 Å². The maximum atomic E-state index is 13.5. The fraction of sp³-hybridized carbons (Fsp3) is 0.263. The molecule has 0 saturated carbocycles. The number of hydrogen-bond donors (Lipinski definition) is 0. The number of carbonyl (C=O) groups is 1. The minimum atomic E-state index is -0.461. The van der Waals surface area contributed by atoms with Crippen LogP contribution in [0.2, 0.25) is 0 Å². The molecular weight excluding hydrogens is 309 g/mol. The number of allylic oxidation sites excluding steroid dienone is 3. The molecule has 2 aliphatic rings. The second-order valence-corrected chi connectivity index (χ2v) is 5.55. The van der Waals surface area contributed by atoms with E-state index >= 15 is 0 Å². The average Bonchev–Trinajstić information content (AvgIpc) is 3.17. The third-order valence-corrected chi connectivity index (χ3v) is 4.19. The first-order valence-electron chi connectivity index (χ1n) is 7.77. The van der Waals surface area contributed by atoms with Gasteiger partial charge in [0.15, 0.2) is 0 Å². The van der Waals surface area contributed by atoms with Gasteiger partial charge in [-0.2, -0.15) is 0 Å². The maximum absolute atomic E-state index is 13.5. The number of rotatable bonds is 7. The summed E-state index contributed by atoms with van der Waals surface area (Å²) < 4.78 is 24.1. The molecule has 1 atom stereocenters. The first kappa shape index (κ1) is 16.2. The van der Waals surface area contributed by atoms with Crippen LogP contribution in [0.15, 0.2) is 54.5 Å². The first-order valence-corrected chi connectivity index (χ1v) is 7.77. The van der Waals surface area contributed by atoms with Crippen LogP contribution < -0.4 is 4.74 Å². The number of halogens is 1. The summed E-state index contributed by atoms with van der Waals surface area (Å²) in [6, 6.07) is 1.84. The van der Waals surface area contributed by atoms with Crippen molar-refractivity contribution in [2.24, 2.45) is 5.92 Å². The van der Waals surface area contributed by atoms with Crippen LogP contribution >= 0.6 is 0 Å². The molecule has 0 spiro atoms. The highest BCUT2D eigenvalue weighted by Gasteiger charge is 2.48. The molecule has 5 heteroatoms. The van der Waals surface area contributed by atoms with Crippen LogP contribution in [0.5, 0.6) is 5.88 Å². The molecule has 24 heavy (non-hydrogen) atoms. The van der Waals surface area contributed by atoms with E-state index in [-0.39, 0.29) is 18.5 Å². The third kappa shape index (κ3) is 2.77. The van der Waals surface area contributed by atoms with Crippen molar-refractivity contribution in [2.75, 3.05) is 13.2 Å². The second-order valence-electron chi connectivity index (χ2n) is 5.55. The van der Waals surface area contributed by atoms with Crippen LogP contribution in [0.4, 0.5) is 4.39 Å². The fourth-order valence-corrected chi connectivity index (χ4v) is 2.96. The molecule has 0 bridgehead atoms. The van der Waals surface area contributed by atoms with Gasteiger partial charge in [-0.1, -0.05) is 19.2 Å². The van der Waals surface area contributed by atoms with E-state index in [4.69, 9.17) is 9.47 Å². The highest BCUT2D eigenvalue weighted by Crippen LogP contribution is 2.55. The van der Waals surface area contributed by atoms with E-state index in [0.29, 0.717) is 18.1 Å². The van der Waals surface area contributed by atoms with Gasteiger partial charge in [0.25, 0.3) is 0 Å². The van der Waals surface area contributed by atoms with Gasteiger partial charge < -0.3 is 9.47 Å². The van der Waals surface area contributed by atoms with Gasteiger partial charge in [-0.15, -0.1) is 0 Å². The van der Waals surface area contributed by atoms with Crippen molar-refractivity contribution >= 4 is 11.5 Å². The van der Waals surface area contributed by atoms with Crippen molar-refractivity contribution in [1.82, 2.24) is 4.98 Å². The highest BCUT2D eigenvalue weighted by molar-refractivity contribution is 6.12. The van der Waals surface area contributed by atoms with E-state index in [1.165, 1.54) is 6.08 Å². The summed E-state index contributed by atoms with van der Waals surface area (Å²) in [7, 11) is 0. The highest BCUT2D eigenvalue weighted by atomic mass is 19.1. The minimum Gasteiger partial charge on any atom is -0.473 e. The Kier molecular flexibility index (Phi) is 4.34. The van der Waals surface area contributed by atoms with E-state index in [0.717, 1.165) is 34.8 Å². The average molecular weight is 327 g/mol. The largest absolute Gasteiger partial charge is 0.473 e. The van der Waals surface area contributed by atoms with Crippen LogP contribution in [-0.4, -0.2) is 24.2 Å². The van der Waals surface area contributed by atoms with Crippen molar-refractivity contribution < 1.29 is 18.7 Å². The molecule has 3 rings (SSSR count). The van der Waals surface area contributed by atoms with Crippen LogP contribution in [0.3, 0.4) is 0 Å². The van der Waals surface area contributed by atoms with Gasteiger partial charge in [0, 0.05) is 34.9 Å². The maximum Gasteiger partial charge on any atom is 0.334 e. The Hall–Kier alpha value is -2.69. The Morgan fingerprint density at radius 3 is 2.92 bits per heavy atom. The van der Waals surface area contributed by atoms with Gasteiger partial charge in [0.1, 0.15) is 12.4 Å². The Morgan fingerprint density at radius 2 is 2.25 bits per heavy atom. The number of hydrogen-bond acceptors (Lipinski definition) is 4. The zero-order chi connectivity index (χ0) is 17.3. The van der Waals surface area contributed by atoms with Crippen molar-refractivity contribution in [3.63, 3.8) is 0 Å². The Labute approximate surface area is 140 Å². The van der Waals surface area contributed by atoms with Crippen molar-refractivity contribution in [3.8, 4) is 5.88 Å². The molecule has 0 radical (unpaired) electrons. The van der Waals surface area contributed by atoms with Gasteiger partial charge >= 0.3 is 5.97 Å². The van der Waals surface area contributed by atoms with Gasteiger partial charge in [-0.05, 0) is 30.6 Å². The minimum absolute atomic E-state index is 0.0351. The number of fused-ring (bicyclic) bond motifs is 3. The summed E-state index contributed by atoms with van der Waals surface area (Å²) in [6.45, 7) is 9.15. The molecule has 0 aromatic carbocycles. The standard InChI is InChI=1S/C19H18FNO3/c1-4-11(15(20)5-2)10-24-16-8-12-7-13-17(14(12)9-21-16)18(13)19(22)23-6-3/h4-5,8-9,13H,1-2,6-7,10H2,3H3. The monoisotopic (exact) mass is 327 g/mol. The topological polar surface area (TPSA) is 48.4 Å². The zero-order valence-corrected chi connectivity index (χ0v) is 13.5.